The highest BCUT2D eigenvalue weighted by Gasteiger charge is 2.27. The largest absolute Gasteiger partial charge is 0.383 e. The summed E-state index contributed by atoms with van der Waals surface area (Å²) >= 11 is 5.93. The van der Waals surface area contributed by atoms with Crippen LogP contribution in [0.25, 0.3) is 0 Å². The van der Waals surface area contributed by atoms with Gasteiger partial charge in [0, 0.05) is 36.0 Å². The Hall–Kier alpha value is -1.59. The van der Waals surface area contributed by atoms with Crippen molar-refractivity contribution in [3.8, 4) is 0 Å². The molecule has 0 aliphatic heterocycles. The van der Waals surface area contributed by atoms with Crippen LogP contribution in [0.15, 0.2) is 18.5 Å². The summed E-state index contributed by atoms with van der Waals surface area (Å²) in [4.78, 5) is 3.98. The number of hydrogen-bond donors (Lipinski definition) is 2. The summed E-state index contributed by atoms with van der Waals surface area (Å²) in [5.41, 5.74) is 7.69. The molecule has 6 heteroatoms. The molecule has 2 aromatic rings. The van der Waals surface area contributed by atoms with Crippen molar-refractivity contribution in [3.63, 3.8) is 0 Å². The molecule has 0 saturated carbocycles. The first-order valence-electron chi connectivity index (χ1n) is 6.33. The Bertz CT molecular complexity index is 631. The van der Waals surface area contributed by atoms with Crippen LogP contribution in [0.4, 0.5) is 5.82 Å². The highest BCUT2D eigenvalue weighted by molar-refractivity contribution is 6.30. The predicted molar refractivity (Wildman–Crippen MR) is 79.6 cm³/mol. The van der Waals surface area contributed by atoms with Crippen molar-refractivity contribution in [2.24, 2.45) is 7.05 Å². The SMILES string of the molecule is Cn1cc(C(O)c2cc(Cl)cnc2N)c(C(C)(C)C)n1. The Labute approximate surface area is 123 Å². The van der Waals surface area contributed by atoms with Gasteiger partial charge in [0.2, 0.25) is 0 Å². The second-order valence-electron chi connectivity index (χ2n) is 5.89. The minimum Gasteiger partial charge on any atom is -0.383 e. The first-order valence-corrected chi connectivity index (χ1v) is 6.71. The van der Waals surface area contributed by atoms with E-state index in [4.69, 9.17) is 17.3 Å². The molecule has 20 heavy (non-hydrogen) atoms. The van der Waals surface area contributed by atoms with Crippen LogP contribution in [0.3, 0.4) is 0 Å². The normalized spacial score (nSPS) is 13.5. The van der Waals surface area contributed by atoms with E-state index < -0.39 is 6.10 Å². The Morgan fingerprint density at radius 1 is 1.35 bits per heavy atom. The van der Waals surface area contributed by atoms with Crippen LogP contribution in [0.1, 0.15) is 43.7 Å². The molecule has 0 spiro atoms. The molecule has 0 aromatic carbocycles. The maximum Gasteiger partial charge on any atom is 0.129 e. The first-order chi connectivity index (χ1) is 9.20. The van der Waals surface area contributed by atoms with Gasteiger partial charge in [-0.3, -0.25) is 4.68 Å². The molecule has 2 heterocycles. The quantitative estimate of drug-likeness (QED) is 0.892. The van der Waals surface area contributed by atoms with Gasteiger partial charge in [-0.15, -0.1) is 0 Å². The molecule has 0 fully saturated rings. The zero-order valence-electron chi connectivity index (χ0n) is 12.1. The molecular formula is C14H19ClN4O. The lowest BCUT2D eigenvalue weighted by Gasteiger charge is -2.20. The molecule has 1 atom stereocenters. The summed E-state index contributed by atoms with van der Waals surface area (Å²) in [6.07, 6.45) is 2.36. The van der Waals surface area contributed by atoms with Gasteiger partial charge in [0.05, 0.1) is 10.7 Å². The van der Waals surface area contributed by atoms with E-state index in [1.807, 2.05) is 27.8 Å². The molecule has 0 aliphatic rings. The van der Waals surface area contributed by atoms with E-state index in [2.05, 4.69) is 10.1 Å². The third-order valence-electron chi connectivity index (χ3n) is 3.07. The fraction of sp³-hybridized carbons (Fsp3) is 0.429. The van der Waals surface area contributed by atoms with Gasteiger partial charge in [-0.1, -0.05) is 32.4 Å². The number of anilines is 1. The fourth-order valence-electron chi connectivity index (χ4n) is 2.14. The van der Waals surface area contributed by atoms with Crippen LogP contribution in [0.2, 0.25) is 5.02 Å². The first kappa shape index (κ1) is 14.8. The summed E-state index contributed by atoms with van der Waals surface area (Å²) in [5.74, 6) is 0.269. The Balaban J connectivity index is 2.54. The Morgan fingerprint density at radius 3 is 2.60 bits per heavy atom. The number of rotatable bonds is 2. The van der Waals surface area contributed by atoms with Gasteiger partial charge in [-0.05, 0) is 6.07 Å². The van der Waals surface area contributed by atoms with Crippen molar-refractivity contribution in [2.75, 3.05) is 5.73 Å². The average Bonchev–Trinajstić information content (AvgIpc) is 2.73. The molecule has 3 N–H and O–H groups in total. The number of aromatic nitrogens is 3. The van der Waals surface area contributed by atoms with Gasteiger partial charge in [0.25, 0.3) is 0 Å². The molecule has 108 valence electrons. The fourth-order valence-corrected chi connectivity index (χ4v) is 2.31. The number of halogens is 1. The number of nitrogens with two attached hydrogens (primary N) is 1. The second kappa shape index (κ2) is 5.07. The van der Waals surface area contributed by atoms with E-state index in [9.17, 15) is 5.11 Å². The van der Waals surface area contributed by atoms with E-state index >= 15 is 0 Å². The molecule has 0 radical (unpaired) electrons. The molecule has 0 amide bonds. The van der Waals surface area contributed by atoms with Crippen LogP contribution in [-0.4, -0.2) is 19.9 Å². The zero-order chi connectivity index (χ0) is 15.1. The standard InChI is InChI=1S/C14H19ClN4O/c1-14(2,3)12-10(7-19(4)18-12)11(20)9-5-8(15)6-17-13(9)16/h5-7,11,20H,1-4H3,(H2,16,17). The number of nitrogens with zero attached hydrogens (tertiary/aromatic N) is 3. The predicted octanol–water partition coefficient (Wildman–Crippen LogP) is 2.43. The van der Waals surface area contributed by atoms with Crippen LogP contribution in [0, 0.1) is 0 Å². The minimum atomic E-state index is -0.899. The number of nitrogen functional groups attached to an aromatic ring is 1. The van der Waals surface area contributed by atoms with E-state index in [1.54, 1.807) is 16.9 Å². The Kier molecular flexibility index (Phi) is 3.75. The lowest BCUT2D eigenvalue weighted by Crippen LogP contribution is -2.17. The molecule has 0 aliphatic carbocycles. The molecule has 5 nitrogen and oxygen atoms in total. The van der Waals surface area contributed by atoms with E-state index in [-0.39, 0.29) is 11.2 Å². The monoisotopic (exact) mass is 294 g/mol. The third kappa shape index (κ3) is 2.78. The summed E-state index contributed by atoms with van der Waals surface area (Å²) in [5, 5.41) is 15.5. The van der Waals surface area contributed by atoms with Gasteiger partial charge >= 0.3 is 0 Å². The molecule has 2 aromatic heterocycles. The molecular weight excluding hydrogens is 276 g/mol. The second-order valence-corrected chi connectivity index (χ2v) is 6.32. The molecule has 1 unspecified atom stereocenters. The number of aliphatic hydroxyl groups excluding tert-OH is 1. The zero-order valence-corrected chi connectivity index (χ0v) is 12.8. The van der Waals surface area contributed by atoms with Crippen molar-refractivity contribution in [1.29, 1.82) is 0 Å². The van der Waals surface area contributed by atoms with Crippen LogP contribution >= 0.6 is 11.6 Å². The maximum atomic E-state index is 10.6. The lowest BCUT2D eigenvalue weighted by molar-refractivity contribution is 0.218. The highest BCUT2D eigenvalue weighted by atomic mass is 35.5. The van der Waals surface area contributed by atoms with Crippen molar-refractivity contribution in [1.82, 2.24) is 14.8 Å². The topological polar surface area (TPSA) is 77.0 Å². The number of aryl methyl sites for hydroxylation is 1. The number of hydrogen-bond acceptors (Lipinski definition) is 4. The maximum absolute atomic E-state index is 10.6. The van der Waals surface area contributed by atoms with E-state index in [1.165, 1.54) is 6.20 Å². The van der Waals surface area contributed by atoms with Gasteiger partial charge in [-0.25, -0.2) is 4.98 Å². The van der Waals surface area contributed by atoms with Gasteiger partial charge < -0.3 is 10.8 Å². The van der Waals surface area contributed by atoms with Gasteiger partial charge in [0.1, 0.15) is 11.9 Å². The summed E-state index contributed by atoms with van der Waals surface area (Å²) in [7, 11) is 1.82. The highest BCUT2D eigenvalue weighted by Crippen LogP contribution is 2.33. The Morgan fingerprint density at radius 2 is 2.00 bits per heavy atom. The summed E-state index contributed by atoms with van der Waals surface area (Å²) in [6, 6.07) is 1.63. The van der Waals surface area contributed by atoms with Crippen molar-refractivity contribution in [3.05, 3.63) is 40.3 Å². The van der Waals surface area contributed by atoms with Crippen molar-refractivity contribution in [2.45, 2.75) is 32.3 Å². The van der Waals surface area contributed by atoms with Crippen LogP contribution in [-0.2, 0) is 12.5 Å². The molecule has 0 bridgehead atoms. The van der Waals surface area contributed by atoms with Gasteiger partial charge in [-0.2, -0.15) is 5.10 Å². The number of pyridine rings is 1. The van der Waals surface area contributed by atoms with Crippen LogP contribution < -0.4 is 5.73 Å². The van der Waals surface area contributed by atoms with Gasteiger partial charge in [0.15, 0.2) is 0 Å². The van der Waals surface area contributed by atoms with Crippen molar-refractivity contribution >= 4 is 17.4 Å². The smallest absolute Gasteiger partial charge is 0.129 e. The number of aliphatic hydroxyl groups is 1. The van der Waals surface area contributed by atoms with E-state index in [0.717, 1.165) is 11.3 Å². The lowest BCUT2D eigenvalue weighted by atomic mass is 9.87. The van der Waals surface area contributed by atoms with Crippen LogP contribution in [0.5, 0.6) is 0 Å². The van der Waals surface area contributed by atoms with E-state index in [0.29, 0.717) is 10.6 Å². The molecule has 2 rings (SSSR count). The minimum absolute atomic E-state index is 0.182. The molecule has 0 saturated heterocycles. The summed E-state index contributed by atoms with van der Waals surface area (Å²) < 4.78 is 1.69. The summed E-state index contributed by atoms with van der Waals surface area (Å²) in [6.45, 7) is 6.14. The van der Waals surface area contributed by atoms with Crippen molar-refractivity contribution < 1.29 is 5.11 Å². The third-order valence-corrected chi connectivity index (χ3v) is 3.28. The average molecular weight is 295 g/mol.